The van der Waals surface area contributed by atoms with Crippen LogP contribution in [0.2, 0.25) is 0 Å². The van der Waals surface area contributed by atoms with E-state index in [1.807, 2.05) is 0 Å². The summed E-state index contributed by atoms with van der Waals surface area (Å²) in [4.78, 5) is 9.79. The molecule has 0 bridgehead atoms. The van der Waals surface area contributed by atoms with Crippen LogP contribution < -0.4 is 0 Å². The molecular formula is C4H8O5Ra. The van der Waals surface area contributed by atoms with Crippen LogP contribution in [-0.4, -0.2) is 35.9 Å². The Morgan fingerprint density at radius 2 is 1.80 bits per heavy atom. The topological polar surface area (TPSA) is 98.0 Å². The van der Waals surface area contributed by atoms with E-state index < -0.39 is 54.6 Å². The molecule has 0 saturated carbocycles. The normalized spacial score (nSPS) is 18.8. The van der Waals surface area contributed by atoms with E-state index in [4.69, 9.17) is 16.2 Å². The van der Waals surface area contributed by atoms with Crippen LogP contribution in [0.5, 0.6) is 0 Å². The number of carbonyl (C=O) groups is 1. The quantitative estimate of drug-likeness (QED) is 0.406. The van der Waals surface area contributed by atoms with E-state index in [1.165, 1.54) is 0 Å². The Hall–Kier alpha value is 0.978. The van der Waals surface area contributed by atoms with Gasteiger partial charge < -0.3 is 0 Å². The van der Waals surface area contributed by atoms with Crippen LogP contribution in [0.4, 0.5) is 0 Å². The molecule has 10 heavy (non-hydrogen) atoms. The molecule has 0 aromatic rings. The second kappa shape index (κ2) is 5.61. The van der Waals surface area contributed by atoms with E-state index in [0.29, 0.717) is 0 Å². The average molecular weight is 362 g/mol. The number of rotatable bonds is 4. The Kier molecular flexibility index (Phi) is 6.15. The van der Waals surface area contributed by atoms with Crippen molar-refractivity contribution < 1.29 is 62.2 Å². The second-order valence-corrected chi connectivity index (χ2v) is 6.81. The fourth-order valence-corrected chi connectivity index (χ4v) is 2.45. The minimum atomic E-state index is -2.48. The van der Waals surface area contributed by atoms with Gasteiger partial charge in [0.25, 0.3) is 0 Å². The summed E-state index contributed by atoms with van der Waals surface area (Å²) in [6.45, 7) is 0. The molecule has 3 atom stereocenters. The van der Waals surface area contributed by atoms with Crippen molar-refractivity contribution in [2.24, 2.45) is 0 Å². The number of carbonyl (C=O) groups excluding carboxylic acids is 1. The maximum absolute atomic E-state index is 9.79. The van der Waals surface area contributed by atoms with Gasteiger partial charge in [0.05, 0.1) is 0 Å². The van der Waals surface area contributed by atoms with Gasteiger partial charge in [-0.05, 0) is 0 Å². The van der Waals surface area contributed by atoms with Crippen LogP contribution in [0.25, 0.3) is 0 Å². The van der Waals surface area contributed by atoms with Crippen LogP contribution in [0.15, 0.2) is 0 Å². The Bertz CT molecular complexity index is 108. The zero-order valence-corrected chi connectivity index (χ0v) is 11.0. The molecule has 0 aliphatic carbocycles. The third kappa shape index (κ3) is 3.39. The predicted octanol–water partition coefficient (Wildman–Crippen LogP) is -2.78. The molecular weight excluding hydrogens is 354 g/mol. The van der Waals surface area contributed by atoms with Crippen molar-refractivity contribution in [1.82, 2.24) is 0 Å². The second-order valence-electron chi connectivity index (χ2n) is 1.87. The fourth-order valence-electron chi connectivity index (χ4n) is 0.416. The van der Waals surface area contributed by atoms with Crippen molar-refractivity contribution in [1.29, 1.82) is 0 Å². The number of aliphatic hydroxyl groups is 3. The zero-order valence-electron chi connectivity index (χ0n) is 5.21. The third-order valence-corrected chi connectivity index (χ3v) is 4.59. The first-order valence-corrected chi connectivity index (χ1v) is 8.69. The van der Waals surface area contributed by atoms with Crippen LogP contribution in [0.3, 0.4) is 0 Å². The third-order valence-electron chi connectivity index (χ3n) is 1.07. The molecule has 0 rings (SSSR count). The summed E-state index contributed by atoms with van der Waals surface area (Å²) in [7, 11) is 0. The molecule has 0 aromatic heterocycles. The van der Waals surface area contributed by atoms with Crippen LogP contribution >= 0.6 is 0 Å². The van der Waals surface area contributed by atoms with Gasteiger partial charge >= 0.3 is 81.9 Å². The summed E-state index contributed by atoms with van der Waals surface area (Å²) in [5.74, 6) is 0. The number of hydrogen-bond acceptors (Lipinski definition) is 5. The Morgan fingerprint density at radius 3 is 2.10 bits per heavy atom. The number of hydrogen-bond donors (Lipinski definition) is 4. The van der Waals surface area contributed by atoms with Crippen molar-refractivity contribution in [2.75, 3.05) is 0 Å². The van der Waals surface area contributed by atoms with E-state index in [1.54, 1.807) is 0 Å². The molecule has 0 unspecified atom stereocenters. The molecule has 5 nitrogen and oxygen atoms in total. The van der Waals surface area contributed by atoms with Crippen LogP contribution in [-0.2, 0) is 4.79 Å². The van der Waals surface area contributed by atoms with Gasteiger partial charge in [0.1, 0.15) is 0 Å². The van der Waals surface area contributed by atoms with Gasteiger partial charge in [-0.25, -0.2) is 0 Å². The molecule has 0 aromatic carbocycles. The Labute approximate surface area is 81.0 Å². The van der Waals surface area contributed by atoms with Crippen molar-refractivity contribution in [3.8, 4) is 0 Å². The van der Waals surface area contributed by atoms with E-state index >= 15 is 0 Å². The maximum atomic E-state index is 9.79. The first kappa shape index (κ1) is 11.0. The van der Waals surface area contributed by atoms with Crippen LogP contribution in [0.1, 0.15) is 0 Å². The summed E-state index contributed by atoms with van der Waals surface area (Å²) in [5, 5.41) is 26.0. The van der Waals surface area contributed by atoms with Gasteiger partial charge in [-0.2, -0.15) is 0 Å². The fraction of sp³-hybridized carbons (Fsp3) is 0.750. The molecule has 56 valence electrons. The van der Waals surface area contributed by atoms with E-state index in [9.17, 15) is 4.79 Å². The molecule has 6 heteroatoms. The molecule has 0 heterocycles. The Morgan fingerprint density at radius 1 is 1.30 bits per heavy atom. The summed E-state index contributed by atoms with van der Waals surface area (Å²) in [6.07, 6.45) is -2.96. The summed E-state index contributed by atoms with van der Waals surface area (Å²) < 4.78 is 7.20. The van der Waals surface area contributed by atoms with Gasteiger partial charge in [0.2, 0.25) is 0 Å². The van der Waals surface area contributed by atoms with Gasteiger partial charge in [0.15, 0.2) is 0 Å². The molecule has 0 spiro atoms. The monoisotopic (exact) mass is 362 g/mol. The van der Waals surface area contributed by atoms with Crippen molar-refractivity contribution >= 4 is 6.29 Å². The standard InChI is InChI=1S/C4H7O4.H2O.Ra/c5-1-3(7)4(8)2-6;;/h1-5,7-8H;1H2;/q;;+1/p-1/t3-,4+;;/m1../s1. The summed E-state index contributed by atoms with van der Waals surface area (Å²) in [6, 6.07) is 0. The Balaban J connectivity index is 3.80. The van der Waals surface area contributed by atoms with Crippen LogP contribution in [0, 0.1) is 41.2 Å². The van der Waals surface area contributed by atoms with E-state index in [-0.39, 0.29) is 6.29 Å². The zero-order chi connectivity index (χ0) is 8.15. The molecule has 0 aliphatic heterocycles. The molecule has 0 amide bonds. The van der Waals surface area contributed by atoms with E-state index in [0.717, 1.165) is 0 Å². The van der Waals surface area contributed by atoms with Gasteiger partial charge in [0, 0.05) is 0 Å². The molecule has 0 saturated heterocycles. The molecule has 4 N–H and O–H groups in total. The predicted molar refractivity (Wildman–Crippen MR) is 26.3 cm³/mol. The van der Waals surface area contributed by atoms with Gasteiger partial charge in [-0.15, -0.1) is 0 Å². The summed E-state index contributed by atoms with van der Waals surface area (Å²) >= 11 is -2.48. The van der Waals surface area contributed by atoms with Gasteiger partial charge in [-0.3, -0.25) is 0 Å². The number of aliphatic hydroxyl groups excluding tert-OH is 3. The first-order chi connectivity index (χ1) is 4.63. The summed E-state index contributed by atoms with van der Waals surface area (Å²) in [5.41, 5.74) is 0. The molecule has 0 aliphatic rings. The molecule has 0 fully saturated rings. The van der Waals surface area contributed by atoms with Crippen molar-refractivity contribution in [2.45, 2.75) is 13.4 Å². The van der Waals surface area contributed by atoms with Crippen molar-refractivity contribution in [3.63, 3.8) is 0 Å². The van der Waals surface area contributed by atoms with E-state index in [2.05, 4.69) is 0 Å². The molecule has 0 radical (unpaired) electrons. The average Bonchev–Trinajstić information content (AvgIpc) is 2.00. The minimum absolute atomic E-state index is 0.124. The SMILES string of the molecule is O=C[C@H](O)[C@H](O)[C@H](O)[Ra][OH]. The van der Waals surface area contributed by atoms with Crippen molar-refractivity contribution in [3.05, 3.63) is 0 Å². The first-order valence-electron chi connectivity index (χ1n) is 2.73. The number of aldehydes is 1. The van der Waals surface area contributed by atoms with Gasteiger partial charge in [-0.1, -0.05) is 0 Å².